The van der Waals surface area contributed by atoms with Crippen LogP contribution in [-0.2, 0) is 12.8 Å². The van der Waals surface area contributed by atoms with Crippen molar-refractivity contribution in [2.45, 2.75) is 51.6 Å². The Labute approximate surface area is 119 Å². The van der Waals surface area contributed by atoms with E-state index in [9.17, 15) is 9.90 Å². The third-order valence-electron chi connectivity index (χ3n) is 3.83. The van der Waals surface area contributed by atoms with Crippen LogP contribution in [0.1, 0.15) is 43.9 Å². The first kappa shape index (κ1) is 14.4. The molecule has 0 fully saturated rings. The second-order valence-electron chi connectivity index (χ2n) is 6.32. The maximum Gasteiger partial charge on any atom is 0.407 e. The Morgan fingerprint density at radius 2 is 2.10 bits per heavy atom. The molecule has 4 heteroatoms. The molecule has 0 spiro atoms. The highest BCUT2D eigenvalue weighted by atomic mass is 16.4. The molecule has 0 heterocycles. The summed E-state index contributed by atoms with van der Waals surface area (Å²) < 4.78 is 0. The summed E-state index contributed by atoms with van der Waals surface area (Å²) in [5, 5.41) is 18.4. The van der Waals surface area contributed by atoms with Gasteiger partial charge in [-0.1, -0.05) is 6.07 Å². The largest absolute Gasteiger partial charge is 0.465 e. The number of aryl methyl sites for hydroxylation is 1. The number of carbonyl (C=O) groups is 1. The standard InChI is InChI=1S/C16H20N2O2/c1-16(2,3)18(15(19)20)14-7-6-12-8-11(10-17)4-5-13(12)9-14/h4-5,8,14H,6-7,9H2,1-3H3,(H,19,20)/t14-/m1/s1. The van der Waals surface area contributed by atoms with E-state index >= 15 is 0 Å². The van der Waals surface area contributed by atoms with E-state index in [1.165, 1.54) is 5.56 Å². The summed E-state index contributed by atoms with van der Waals surface area (Å²) in [6.07, 6.45) is 1.51. The number of hydrogen-bond acceptors (Lipinski definition) is 2. The minimum absolute atomic E-state index is 0.00735. The zero-order valence-corrected chi connectivity index (χ0v) is 12.2. The van der Waals surface area contributed by atoms with Gasteiger partial charge in [0, 0.05) is 11.6 Å². The number of rotatable bonds is 1. The third-order valence-corrected chi connectivity index (χ3v) is 3.83. The van der Waals surface area contributed by atoms with Gasteiger partial charge in [-0.25, -0.2) is 4.79 Å². The summed E-state index contributed by atoms with van der Waals surface area (Å²) in [6.45, 7) is 5.78. The van der Waals surface area contributed by atoms with Gasteiger partial charge in [0.25, 0.3) is 0 Å². The molecule has 1 aromatic carbocycles. The summed E-state index contributed by atoms with van der Waals surface area (Å²) in [6, 6.07) is 7.85. The van der Waals surface area contributed by atoms with Gasteiger partial charge in [0.1, 0.15) is 0 Å². The Morgan fingerprint density at radius 3 is 2.65 bits per heavy atom. The molecular weight excluding hydrogens is 252 g/mol. The van der Waals surface area contributed by atoms with Gasteiger partial charge >= 0.3 is 6.09 Å². The molecule has 2 rings (SSSR count). The smallest absolute Gasteiger partial charge is 0.407 e. The molecular formula is C16H20N2O2. The normalized spacial score (nSPS) is 18.0. The quantitative estimate of drug-likeness (QED) is 0.853. The summed E-state index contributed by atoms with van der Waals surface area (Å²) >= 11 is 0. The summed E-state index contributed by atoms with van der Waals surface area (Å²) in [4.78, 5) is 13.1. The highest BCUT2D eigenvalue weighted by Crippen LogP contribution is 2.29. The van der Waals surface area contributed by atoms with Crippen LogP contribution in [0.5, 0.6) is 0 Å². The Hall–Kier alpha value is -2.02. The lowest BCUT2D eigenvalue weighted by molar-refractivity contribution is 0.0653. The van der Waals surface area contributed by atoms with E-state index in [0.29, 0.717) is 5.56 Å². The summed E-state index contributed by atoms with van der Waals surface area (Å²) in [7, 11) is 0. The SMILES string of the molecule is CC(C)(C)N(C(=O)O)[C@@H]1CCc2cc(C#N)ccc2C1. The van der Waals surface area contributed by atoms with Crippen molar-refractivity contribution < 1.29 is 9.90 Å². The fourth-order valence-corrected chi connectivity index (χ4v) is 3.02. The van der Waals surface area contributed by atoms with Gasteiger partial charge in [-0.3, -0.25) is 0 Å². The van der Waals surface area contributed by atoms with Crippen molar-refractivity contribution >= 4 is 6.09 Å². The van der Waals surface area contributed by atoms with Crippen molar-refractivity contribution in [1.82, 2.24) is 4.90 Å². The predicted molar refractivity (Wildman–Crippen MR) is 76.6 cm³/mol. The van der Waals surface area contributed by atoms with Crippen molar-refractivity contribution in [3.63, 3.8) is 0 Å². The molecule has 1 atom stereocenters. The van der Waals surface area contributed by atoms with Crippen molar-refractivity contribution in [2.24, 2.45) is 0 Å². The zero-order valence-electron chi connectivity index (χ0n) is 12.2. The van der Waals surface area contributed by atoms with Crippen LogP contribution in [0.4, 0.5) is 4.79 Å². The Balaban J connectivity index is 2.27. The second kappa shape index (κ2) is 5.16. The van der Waals surface area contributed by atoms with Crippen molar-refractivity contribution in [3.8, 4) is 6.07 Å². The van der Waals surface area contributed by atoms with Crippen molar-refractivity contribution in [2.75, 3.05) is 0 Å². The number of nitriles is 1. The molecule has 0 bridgehead atoms. The van der Waals surface area contributed by atoms with E-state index in [4.69, 9.17) is 5.26 Å². The molecule has 0 radical (unpaired) electrons. The number of benzene rings is 1. The molecule has 106 valence electrons. The Kier molecular flexibility index (Phi) is 3.71. The van der Waals surface area contributed by atoms with E-state index in [0.717, 1.165) is 24.8 Å². The summed E-state index contributed by atoms with van der Waals surface area (Å²) in [5.41, 5.74) is 2.61. The van der Waals surface area contributed by atoms with Gasteiger partial charge < -0.3 is 10.0 Å². The maximum absolute atomic E-state index is 11.5. The van der Waals surface area contributed by atoms with Gasteiger partial charge in [-0.15, -0.1) is 0 Å². The molecule has 4 nitrogen and oxygen atoms in total. The van der Waals surface area contributed by atoms with Gasteiger partial charge in [0.2, 0.25) is 0 Å². The molecule has 1 amide bonds. The van der Waals surface area contributed by atoms with E-state index < -0.39 is 11.6 Å². The highest BCUT2D eigenvalue weighted by Gasteiger charge is 2.35. The first-order chi connectivity index (χ1) is 9.32. The van der Waals surface area contributed by atoms with Crippen LogP contribution in [0.25, 0.3) is 0 Å². The fraction of sp³-hybridized carbons (Fsp3) is 0.500. The highest BCUT2D eigenvalue weighted by molar-refractivity contribution is 5.66. The molecule has 1 aromatic rings. The molecule has 1 N–H and O–H groups in total. The number of nitrogens with zero attached hydrogens (tertiary/aromatic N) is 2. The second-order valence-corrected chi connectivity index (χ2v) is 6.32. The monoisotopic (exact) mass is 272 g/mol. The Morgan fingerprint density at radius 1 is 1.40 bits per heavy atom. The lowest BCUT2D eigenvalue weighted by Crippen LogP contribution is -2.52. The van der Waals surface area contributed by atoms with E-state index in [1.807, 2.05) is 39.0 Å². The average molecular weight is 272 g/mol. The fourth-order valence-electron chi connectivity index (χ4n) is 3.02. The van der Waals surface area contributed by atoms with Crippen LogP contribution < -0.4 is 0 Å². The van der Waals surface area contributed by atoms with Gasteiger partial charge in [-0.05, 0) is 63.3 Å². The molecule has 0 unspecified atom stereocenters. The first-order valence-corrected chi connectivity index (χ1v) is 6.87. The molecule has 1 aliphatic carbocycles. The van der Waals surface area contributed by atoms with Gasteiger partial charge in [0.15, 0.2) is 0 Å². The van der Waals surface area contributed by atoms with E-state index in [2.05, 4.69) is 6.07 Å². The molecule has 0 saturated heterocycles. The molecule has 0 saturated carbocycles. The van der Waals surface area contributed by atoms with Crippen LogP contribution in [0.2, 0.25) is 0 Å². The van der Waals surface area contributed by atoms with E-state index in [1.54, 1.807) is 4.90 Å². The number of fused-ring (bicyclic) bond motifs is 1. The van der Waals surface area contributed by atoms with Gasteiger partial charge in [0.05, 0.1) is 11.6 Å². The van der Waals surface area contributed by atoms with Crippen LogP contribution >= 0.6 is 0 Å². The molecule has 1 aliphatic rings. The maximum atomic E-state index is 11.5. The first-order valence-electron chi connectivity index (χ1n) is 6.87. The van der Waals surface area contributed by atoms with Crippen molar-refractivity contribution in [3.05, 3.63) is 34.9 Å². The van der Waals surface area contributed by atoms with Crippen LogP contribution in [0, 0.1) is 11.3 Å². The predicted octanol–water partition coefficient (Wildman–Crippen LogP) is 3.19. The van der Waals surface area contributed by atoms with E-state index in [-0.39, 0.29) is 6.04 Å². The van der Waals surface area contributed by atoms with Crippen molar-refractivity contribution in [1.29, 1.82) is 5.26 Å². The summed E-state index contributed by atoms with van der Waals surface area (Å²) in [5.74, 6) is 0. The minimum Gasteiger partial charge on any atom is -0.465 e. The van der Waals surface area contributed by atoms with Gasteiger partial charge in [-0.2, -0.15) is 5.26 Å². The lowest BCUT2D eigenvalue weighted by Gasteiger charge is -2.41. The third kappa shape index (κ3) is 2.77. The van der Waals surface area contributed by atoms with Crippen LogP contribution in [-0.4, -0.2) is 27.7 Å². The average Bonchev–Trinajstić information content (AvgIpc) is 2.36. The zero-order chi connectivity index (χ0) is 14.9. The van der Waals surface area contributed by atoms with Crippen LogP contribution in [0.15, 0.2) is 18.2 Å². The topological polar surface area (TPSA) is 64.3 Å². The number of carboxylic acid groups (broad SMARTS) is 1. The molecule has 0 aliphatic heterocycles. The number of amides is 1. The lowest BCUT2D eigenvalue weighted by atomic mass is 9.85. The Bertz CT molecular complexity index is 567. The molecule has 0 aromatic heterocycles. The minimum atomic E-state index is -0.861. The van der Waals surface area contributed by atoms with Crippen LogP contribution in [0.3, 0.4) is 0 Å². The molecule has 20 heavy (non-hydrogen) atoms. The number of hydrogen-bond donors (Lipinski definition) is 1.